The number of aromatic amines is 1. The molecule has 2 aliphatic heterocycles. The molecule has 3 heterocycles. The zero-order chi connectivity index (χ0) is 18.1. The Hall–Kier alpha value is -2.67. The van der Waals surface area contributed by atoms with Crippen LogP contribution in [0.4, 0.5) is 0 Å². The van der Waals surface area contributed by atoms with E-state index in [2.05, 4.69) is 19.9 Å². The van der Waals surface area contributed by atoms with E-state index in [4.69, 9.17) is 0 Å². The summed E-state index contributed by atoms with van der Waals surface area (Å²) in [6.07, 6.45) is 3.74. The van der Waals surface area contributed by atoms with Crippen LogP contribution in [0, 0.1) is 0 Å². The first-order valence-corrected chi connectivity index (χ1v) is 8.99. The molecular formula is C19H22N4O3. The number of aromatic nitrogens is 2. The van der Waals surface area contributed by atoms with Crippen LogP contribution >= 0.6 is 0 Å². The second kappa shape index (κ2) is 6.92. The van der Waals surface area contributed by atoms with Crippen molar-refractivity contribution in [1.82, 2.24) is 14.9 Å². The molecule has 0 amide bonds. The van der Waals surface area contributed by atoms with Crippen molar-refractivity contribution in [3.8, 4) is 11.5 Å². The van der Waals surface area contributed by atoms with Crippen molar-refractivity contribution in [2.24, 2.45) is 4.99 Å². The van der Waals surface area contributed by atoms with Gasteiger partial charge in [0, 0.05) is 44.2 Å². The maximum atomic E-state index is 12.6. The number of nitrogens with zero attached hydrogens (tertiary/aromatic N) is 3. The van der Waals surface area contributed by atoms with Gasteiger partial charge in [-0.05, 0) is 25.3 Å². The molecular weight excluding hydrogens is 332 g/mol. The lowest BCUT2D eigenvalue weighted by Crippen LogP contribution is -2.36. The highest BCUT2D eigenvalue weighted by Gasteiger charge is 2.23. The molecule has 136 valence electrons. The van der Waals surface area contributed by atoms with Gasteiger partial charge in [0.05, 0.1) is 17.0 Å². The van der Waals surface area contributed by atoms with Crippen molar-refractivity contribution in [2.45, 2.75) is 38.8 Å². The Morgan fingerprint density at radius 2 is 2.08 bits per heavy atom. The number of aliphatic imine (C=N–C) groups is 1. The van der Waals surface area contributed by atoms with E-state index in [-0.39, 0.29) is 17.1 Å². The van der Waals surface area contributed by atoms with Crippen LogP contribution < -0.4 is 5.56 Å². The summed E-state index contributed by atoms with van der Waals surface area (Å²) in [4.78, 5) is 26.8. The smallest absolute Gasteiger partial charge is 0.255 e. The number of nitrogens with one attached hydrogen (secondary N) is 1. The third kappa shape index (κ3) is 3.35. The van der Waals surface area contributed by atoms with E-state index < -0.39 is 0 Å². The van der Waals surface area contributed by atoms with Crippen LogP contribution in [-0.4, -0.2) is 43.9 Å². The van der Waals surface area contributed by atoms with E-state index in [0.717, 1.165) is 49.3 Å². The number of phenols is 2. The second-order valence-electron chi connectivity index (χ2n) is 6.90. The quantitative estimate of drug-likeness (QED) is 0.779. The zero-order valence-corrected chi connectivity index (χ0v) is 14.5. The highest BCUT2D eigenvalue weighted by molar-refractivity contribution is 5.97. The third-order valence-electron chi connectivity index (χ3n) is 5.01. The molecule has 0 radical (unpaired) electrons. The fourth-order valence-corrected chi connectivity index (χ4v) is 3.57. The average molecular weight is 354 g/mol. The van der Waals surface area contributed by atoms with Crippen LogP contribution in [0.1, 0.15) is 41.9 Å². The number of rotatable bonds is 3. The molecule has 26 heavy (non-hydrogen) atoms. The molecule has 4 rings (SSSR count). The Morgan fingerprint density at radius 1 is 1.19 bits per heavy atom. The summed E-state index contributed by atoms with van der Waals surface area (Å²) in [5, 5.41) is 19.4. The lowest BCUT2D eigenvalue weighted by atomic mass is 10.0. The number of H-pyrrole nitrogens is 1. The Labute approximate surface area is 151 Å². The van der Waals surface area contributed by atoms with Crippen LogP contribution in [0.2, 0.25) is 0 Å². The van der Waals surface area contributed by atoms with Crippen LogP contribution in [-0.2, 0) is 19.5 Å². The highest BCUT2D eigenvalue weighted by Crippen LogP contribution is 2.25. The van der Waals surface area contributed by atoms with Gasteiger partial charge in [-0.2, -0.15) is 0 Å². The molecule has 0 aliphatic carbocycles. The molecule has 0 fully saturated rings. The molecule has 7 nitrogen and oxygen atoms in total. The molecule has 2 aromatic rings. The largest absolute Gasteiger partial charge is 0.508 e. The summed E-state index contributed by atoms with van der Waals surface area (Å²) in [5.74, 6) is 0.723. The second-order valence-corrected chi connectivity index (χ2v) is 6.90. The number of hydrogen-bond donors (Lipinski definition) is 3. The number of phenolic OH excluding ortho intramolecular Hbond substituents is 2. The molecule has 2 aliphatic rings. The monoisotopic (exact) mass is 354 g/mol. The average Bonchev–Trinajstić information content (AvgIpc) is 2.65. The fraction of sp³-hybridized carbons (Fsp3) is 0.421. The van der Waals surface area contributed by atoms with E-state index in [9.17, 15) is 15.0 Å². The van der Waals surface area contributed by atoms with E-state index in [1.807, 2.05) is 0 Å². The Bertz CT molecular complexity index is 919. The van der Waals surface area contributed by atoms with Crippen molar-refractivity contribution < 1.29 is 10.2 Å². The third-order valence-corrected chi connectivity index (χ3v) is 5.01. The molecule has 0 saturated heterocycles. The van der Waals surface area contributed by atoms with Gasteiger partial charge in [-0.1, -0.05) is 6.07 Å². The van der Waals surface area contributed by atoms with Gasteiger partial charge in [0.15, 0.2) is 5.82 Å². The van der Waals surface area contributed by atoms with Gasteiger partial charge in [-0.25, -0.2) is 4.98 Å². The minimum atomic E-state index is -0.0992. The number of benzene rings is 1. The maximum Gasteiger partial charge on any atom is 0.255 e. The molecule has 0 bridgehead atoms. The minimum absolute atomic E-state index is 0.0361. The van der Waals surface area contributed by atoms with Gasteiger partial charge >= 0.3 is 0 Å². The SMILES string of the molecule is O=c1[nH]c(C2=NCCCC2)nc2c1CN(Cc1ccc(O)cc1O)CC2. The van der Waals surface area contributed by atoms with E-state index >= 15 is 0 Å². The normalized spacial score (nSPS) is 17.6. The van der Waals surface area contributed by atoms with E-state index in [1.165, 1.54) is 6.07 Å². The molecule has 0 atom stereocenters. The summed E-state index contributed by atoms with van der Waals surface area (Å²) >= 11 is 0. The Kier molecular flexibility index (Phi) is 4.46. The summed E-state index contributed by atoms with van der Waals surface area (Å²) in [6.45, 7) is 2.57. The van der Waals surface area contributed by atoms with Gasteiger partial charge in [-0.15, -0.1) is 0 Å². The summed E-state index contributed by atoms with van der Waals surface area (Å²) in [6, 6.07) is 4.59. The Morgan fingerprint density at radius 3 is 2.85 bits per heavy atom. The standard InChI is InChI=1S/C19H22N4O3/c24-13-5-4-12(17(25)9-13)10-23-8-6-15-14(11-23)19(26)22-18(21-15)16-3-1-2-7-20-16/h4-5,9,24-25H,1-3,6-8,10-11H2,(H,21,22,26). The van der Waals surface area contributed by atoms with Gasteiger partial charge in [0.2, 0.25) is 0 Å². The number of fused-ring (bicyclic) bond motifs is 1. The molecule has 0 saturated carbocycles. The highest BCUT2D eigenvalue weighted by atomic mass is 16.3. The first kappa shape index (κ1) is 16.8. The van der Waals surface area contributed by atoms with Crippen molar-refractivity contribution in [1.29, 1.82) is 0 Å². The number of aromatic hydroxyl groups is 2. The van der Waals surface area contributed by atoms with Gasteiger partial charge < -0.3 is 15.2 Å². The molecule has 1 aromatic carbocycles. The summed E-state index contributed by atoms with van der Waals surface area (Å²) < 4.78 is 0. The van der Waals surface area contributed by atoms with E-state index in [0.29, 0.717) is 30.9 Å². The van der Waals surface area contributed by atoms with Gasteiger partial charge in [0.25, 0.3) is 5.56 Å². The molecule has 3 N–H and O–H groups in total. The zero-order valence-electron chi connectivity index (χ0n) is 14.5. The predicted octanol–water partition coefficient (Wildman–Crippen LogP) is 1.71. The first-order valence-electron chi connectivity index (χ1n) is 8.99. The van der Waals surface area contributed by atoms with Crippen molar-refractivity contribution in [2.75, 3.05) is 13.1 Å². The minimum Gasteiger partial charge on any atom is -0.508 e. The van der Waals surface area contributed by atoms with Crippen LogP contribution in [0.15, 0.2) is 28.0 Å². The van der Waals surface area contributed by atoms with Gasteiger partial charge in [-0.3, -0.25) is 14.7 Å². The summed E-state index contributed by atoms with van der Waals surface area (Å²) in [5.41, 5.74) is 3.08. The lowest BCUT2D eigenvalue weighted by Gasteiger charge is -2.28. The van der Waals surface area contributed by atoms with Crippen LogP contribution in [0.3, 0.4) is 0 Å². The molecule has 0 unspecified atom stereocenters. The molecule has 1 aromatic heterocycles. The summed E-state index contributed by atoms with van der Waals surface area (Å²) in [7, 11) is 0. The van der Waals surface area contributed by atoms with Crippen LogP contribution in [0.25, 0.3) is 0 Å². The lowest BCUT2D eigenvalue weighted by molar-refractivity contribution is 0.238. The number of hydrogen-bond acceptors (Lipinski definition) is 6. The maximum absolute atomic E-state index is 12.6. The van der Waals surface area contributed by atoms with Crippen molar-refractivity contribution in [3.05, 3.63) is 51.2 Å². The fourth-order valence-electron chi connectivity index (χ4n) is 3.57. The predicted molar refractivity (Wildman–Crippen MR) is 97.7 cm³/mol. The molecule has 0 spiro atoms. The van der Waals surface area contributed by atoms with E-state index in [1.54, 1.807) is 12.1 Å². The first-order chi connectivity index (χ1) is 12.6. The van der Waals surface area contributed by atoms with Crippen molar-refractivity contribution >= 4 is 5.71 Å². The van der Waals surface area contributed by atoms with Crippen LogP contribution in [0.5, 0.6) is 11.5 Å². The Balaban J connectivity index is 1.55. The van der Waals surface area contributed by atoms with Crippen molar-refractivity contribution in [3.63, 3.8) is 0 Å². The van der Waals surface area contributed by atoms with Gasteiger partial charge in [0.1, 0.15) is 11.5 Å². The molecule has 7 heteroatoms. The topological polar surface area (TPSA) is 102 Å².